The van der Waals surface area contributed by atoms with Gasteiger partial charge < -0.3 is 15.5 Å². The molecule has 0 spiro atoms. The first-order chi connectivity index (χ1) is 6.59. The summed E-state index contributed by atoms with van der Waals surface area (Å²) in [5.41, 5.74) is 0.941. The number of carbonyl (C=O) groups is 1. The minimum absolute atomic E-state index is 0.208. The minimum atomic E-state index is -0.872. The highest BCUT2D eigenvalue weighted by Gasteiger charge is 2.08. The van der Waals surface area contributed by atoms with Crippen LogP contribution >= 0.6 is 0 Å². The van der Waals surface area contributed by atoms with Crippen LogP contribution in [0.4, 0.5) is 0 Å². The van der Waals surface area contributed by atoms with Gasteiger partial charge in [0, 0.05) is 6.54 Å². The maximum Gasteiger partial charge on any atom is 0.320 e. The van der Waals surface area contributed by atoms with Crippen LogP contribution in [0.5, 0.6) is 5.75 Å². The van der Waals surface area contributed by atoms with Gasteiger partial charge in [-0.1, -0.05) is 12.1 Å². The normalized spacial score (nSPS) is 12.4. The average Bonchev–Trinajstić information content (AvgIpc) is 2.16. The number of rotatable bonds is 4. The van der Waals surface area contributed by atoms with Gasteiger partial charge in [0.15, 0.2) is 0 Å². The molecule has 0 aromatic heterocycles. The molecular weight excluding hydrogens is 182 g/mol. The zero-order chi connectivity index (χ0) is 10.6. The van der Waals surface area contributed by atoms with Crippen molar-refractivity contribution in [2.24, 2.45) is 0 Å². The Morgan fingerprint density at radius 3 is 2.50 bits per heavy atom. The van der Waals surface area contributed by atoms with Crippen LogP contribution in [0.2, 0.25) is 0 Å². The second-order valence-electron chi connectivity index (χ2n) is 3.11. The predicted octanol–water partition coefficient (Wildman–Crippen LogP) is 0.955. The molecule has 0 heterocycles. The highest BCUT2D eigenvalue weighted by Crippen LogP contribution is 2.09. The van der Waals surface area contributed by atoms with Gasteiger partial charge in [-0.2, -0.15) is 0 Å². The molecule has 3 N–H and O–H groups in total. The number of aromatic hydroxyl groups is 1. The Morgan fingerprint density at radius 1 is 1.43 bits per heavy atom. The number of carboxylic acids is 1. The summed E-state index contributed by atoms with van der Waals surface area (Å²) in [5, 5.41) is 20.4. The van der Waals surface area contributed by atoms with Crippen molar-refractivity contribution in [3.63, 3.8) is 0 Å². The lowest BCUT2D eigenvalue weighted by molar-refractivity contribution is -0.139. The van der Waals surface area contributed by atoms with E-state index in [2.05, 4.69) is 5.32 Å². The van der Waals surface area contributed by atoms with E-state index >= 15 is 0 Å². The molecule has 0 unspecified atom stereocenters. The average molecular weight is 195 g/mol. The van der Waals surface area contributed by atoms with Gasteiger partial charge in [-0.15, -0.1) is 0 Å². The van der Waals surface area contributed by atoms with E-state index in [1.807, 2.05) is 0 Å². The van der Waals surface area contributed by atoms with Crippen molar-refractivity contribution in [1.82, 2.24) is 5.32 Å². The van der Waals surface area contributed by atoms with E-state index in [-0.39, 0.29) is 5.75 Å². The Bertz CT molecular complexity index is 308. The van der Waals surface area contributed by atoms with Gasteiger partial charge >= 0.3 is 5.97 Å². The van der Waals surface area contributed by atoms with Crippen molar-refractivity contribution < 1.29 is 15.0 Å². The van der Waals surface area contributed by atoms with Crippen LogP contribution in [-0.4, -0.2) is 22.2 Å². The molecule has 4 heteroatoms. The number of hydrogen-bond acceptors (Lipinski definition) is 3. The first-order valence-electron chi connectivity index (χ1n) is 4.33. The summed E-state index contributed by atoms with van der Waals surface area (Å²) in [6, 6.07) is 6.07. The molecule has 0 aliphatic heterocycles. The van der Waals surface area contributed by atoms with Crippen LogP contribution in [0.1, 0.15) is 12.5 Å². The minimum Gasteiger partial charge on any atom is -0.508 e. The molecule has 14 heavy (non-hydrogen) atoms. The molecule has 0 fully saturated rings. The molecular formula is C10H13NO3. The van der Waals surface area contributed by atoms with Gasteiger partial charge in [0.2, 0.25) is 0 Å². The van der Waals surface area contributed by atoms with Crippen LogP contribution in [-0.2, 0) is 11.3 Å². The van der Waals surface area contributed by atoms with E-state index in [0.29, 0.717) is 6.54 Å². The third-order valence-corrected chi connectivity index (χ3v) is 1.92. The Morgan fingerprint density at radius 2 is 2.00 bits per heavy atom. The second-order valence-corrected chi connectivity index (χ2v) is 3.11. The van der Waals surface area contributed by atoms with E-state index in [0.717, 1.165) is 5.56 Å². The van der Waals surface area contributed by atoms with E-state index in [4.69, 9.17) is 10.2 Å². The van der Waals surface area contributed by atoms with Crippen LogP contribution < -0.4 is 5.32 Å². The van der Waals surface area contributed by atoms with Crippen molar-refractivity contribution in [3.05, 3.63) is 29.8 Å². The summed E-state index contributed by atoms with van der Waals surface area (Å²) < 4.78 is 0. The molecule has 1 aromatic rings. The number of hydrogen-bond donors (Lipinski definition) is 3. The summed E-state index contributed by atoms with van der Waals surface area (Å²) in [6.45, 7) is 2.07. The van der Waals surface area contributed by atoms with Crippen molar-refractivity contribution in [2.45, 2.75) is 19.5 Å². The molecule has 1 rings (SSSR count). The number of carboxylic acid groups (broad SMARTS) is 1. The molecule has 0 aliphatic rings. The van der Waals surface area contributed by atoms with Gasteiger partial charge in [0.1, 0.15) is 11.8 Å². The number of phenolic OH excluding ortho intramolecular Hbond substituents is 1. The number of benzene rings is 1. The lowest BCUT2D eigenvalue weighted by atomic mass is 10.2. The summed E-state index contributed by atoms with van der Waals surface area (Å²) in [7, 11) is 0. The van der Waals surface area contributed by atoms with E-state index < -0.39 is 12.0 Å². The first kappa shape index (κ1) is 10.5. The van der Waals surface area contributed by atoms with Gasteiger partial charge in [0.25, 0.3) is 0 Å². The van der Waals surface area contributed by atoms with E-state index in [9.17, 15) is 4.79 Å². The Hall–Kier alpha value is -1.55. The summed E-state index contributed by atoms with van der Waals surface area (Å²) in [6.07, 6.45) is 0. The molecule has 1 atom stereocenters. The maximum absolute atomic E-state index is 10.5. The summed E-state index contributed by atoms with van der Waals surface area (Å²) in [5.74, 6) is -0.663. The third kappa shape index (κ3) is 3.06. The molecule has 0 amide bonds. The Balaban J connectivity index is 2.46. The van der Waals surface area contributed by atoms with Crippen molar-refractivity contribution in [2.75, 3.05) is 0 Å². The molecule has 76 valence electrons. The largest absolute Gasteiger partial charge is 0.508 e. The molecule has 0 saturated carbocycles. The van der Waals surface area contributed by atoms with Gasteiger partial charge in [-0.05, 0) is 24.6 Å². The highest BCUT2D eigenvalue weighted by molar-refractivity contribution is 5.72. The SMILES string of the molecule is C[C@H](NCc1ccc(O)cc1)C(=O)O. The molecule has 0 radical (unpaired) electrons. The number of nitrogens with one attached hydrogen (secondary N) is 1. The standard InChI is InChI=1S/C10H13NO3/c1-7(10(13)14)11-6-8-2-4-9(12)5-3-8/h2-5,7,11-12H,6H2,1H3,(H,13,14)/t7-/m0/s1. The third-order valence-electron chi connectivity index (χ3n) is 1.92. The van der Waals surface area contributed by atoms with Crippen molar-refractivity contribution in [1.29, 1.82) is 0 Å². The van der Waals surface area contributed by atoms with Gasteiger partial charge in [0.05, 0.1) is 0 Å². The smallest absolute Gasteiger partial charge is 0.320 e. The van der Waals surface area contributed by atoms with Crippen LogP contribution in [0.3, 0.4) is 0 Å². The van der Waals surface area contributed by atoms with Crippen LogP contribution in [0, 0.1) is 0 Å². The van der Waals surface area contributed by atoms with Crippen molar-refractivity contribution in [3.8, 4) is 5.75 Å². The maximum atomic E-state index is 10.5. The molecule has 4 nitrogen and oxygen atoms in total. The predicted molar refractivity (Wildman–Crippen MR) is 52.0 cm³/mol. The van der Waals surface area contributed by atoms with Crippen LogP contribution in [0.15, 0.2) is 24.3 Å². The quantitative estimate of drug-likeness (QED) is 0.669. The van der Waals surface area contributed by atoms with E-state index in [1.165, 1.54) is 0 Å². The van der Waals surface area contributed by atoms with Crippen LogP contribution in [0.25, 0.3) is 0 Å². The second kappa shape index (κ2) is 4.62. The molecule has 0 aliphatic carbocycles. The molecule has 1 aromatic carbocycles. The van der Waals surface area contributed by atoms with Gasteiger partial charge in [-0.25, -0.2) is 0 Å². The summed E-state index contributed by atoms with van der Waals surface area (Å²) in [4.78, 5) is 10.5. The Labute approximate surface area is 82.2 Å². The topological polar surface area (TPSA) is 69.6 Å². The zero-order valence-corrected chi connectivity index (χ0v) is 7.90. The Kier molecular flexibility index (Phi) is 3.48. The summed E-state index contributed by atoms with van der Waals surface area (Å²) >= 11 is 0. The monoisotopic (exact) mass is 195 g/mol. The number of phenols is 1. The fourth-order valence-corrected chi connectivity index (χ4v) is 0.972. The molecule has 0 bridgehead atoms. The lowest BCUT2D eigenvalue weighted by Gasteiger charge is -2.08. The fourth-order valence-electron chi connectivity index (χ4n) is 0.972. The van der Waals surface area contributed by atoms with Crippen molar-refractivity contribution >= 4 is 5.97 Å². The highest BCUT2D eigenvalue weighted by atomic mass is 16.4. The zero-order valence-electron chi connectivity index (χ0n) is 7.90. The fraction of sp³-hybridized carbons (Fsp3) is 0.300. The molecule has 0 saturated heterocycles. The number of aliphatic carboxylic acids is 1. The first-order valence-corrected chi connectivity index (χ1v) is 4.33. The van der Waals surface area contributed by atoms with E-state index in [1.54, 1.807) is 31.2 Å². The lowest BCUT2D eigenvalue weighted by Crippen LogP contribution is -2.33. The van der Waals surface area contributed by atoms with Gasteiger partial charge in [-0.3, -0.25) is 4.79 Å².